The van der Waals surface area contributed by atoms with Crippen molar-refractivity contribution in [2.45, 2.75) is 12.5 Å². The number of fused-ring (bicyclic) bond motifs is 1. The number of carbonyl (C=O) groups excluding carboxylic acids is 1. The smallest absolute Gasteiger partial charge is 0.428 e. The number of hydrogen-bond donors (Lipinski definition) is 2. The number of aromatic nitrogens is 1. The Bertz CT molecular complexity index is 662. The molecule has 0 bridgehead atoms. The summed E-state index contributed by atoms with van der Waals surface area (Å²) in [6.07, 6.45) is 2.14. The number of hydrogen-bond acceptors (Lipinski definition) is 5. The third-order valence-electron chi connectivity index (χ3n) is 3.78. The van der Waals surface area contributed by atoms with Gasteiger partial charge in [0.1, 0.15) is 11.9 Å². The van der Waals surface area contributed by atoms with E-state index in [1.807, 2.05) is 32.4 Å². The molecule has 118 valence electrons. The topological polar surface area (TPSA) is 66.6 Å². The Balaban J connectivity index is 1.78. The number of aromatic amines is 1. The van der Waals surface area contributed by atoms with Crippen molar-refractivity contribution in [2.24, 2.45) is 0 Å². The first-order valence-electron chi connectivity index (χ1n) is 7.46. The Kier molecular flexibility index (Phi) is 4.31. The van der Waals surface area contributed by atoms with Crippen molar-refractivity contribution in [3.63, 3.8) is 0 Å². The van der Waals surface area contributed by atoms with Gasteiger partial charge in [0, 0.05) is 36.7 Å². The molecule has 6 heteroatoms. The molecule has 1 aliphatic heterocycles. The van der Waals surface area contributed by atoms with Crippen molar-refractivity contribution < 1.29 is 14.3 Å². The summed E-state index contributed by atoms with van der Waals surface area (Å²) in [5.41, 5.74) is 2.10. The van der Waals surface area contributed by atoms with E-state index in [-0.39, 0.29) is 6.10 Å². The van der Waals surface area contributed by atoms with E-state index in [1.54, 1.807) is 6.07 Å². The zero-order valence-corrected chi connectivity index (χ0v) is 12.9. The average Bonchev–Trinajstić information content (AvgIpc) is 2.85. The first-order valence-corrected chi connectivity index (χ1v) is 7.46. The quantitative estimate of drug-likeness (QED) is 0.651. The fraction of sp³-hybridized carbons (Fsp3) is 0.438. The molecule has 2 N–H and O–H groups in total. The van der Waals surface area contributed by atoms with Crippen LogP contribution in [0.2, 0.25) is 0 Å². The van der Waals surface area contributed by atoms with Gasteiger partial charge in [-0.1, -0.05) is 6.07 Å². The van der Waals surface area contributed by atoms with Gasteiger partial charge in [0.05, 0.1) is 0 Å². The van der Waals surface area contributed by atoms with Crippen LogP contribution in [0.5, 0.6) is 5.75 Å². The number of rotatable bonds is 5. The molecular formula is C16H21N3O3. The SMILES string of the molecule is CN(C)CCc1c[nH]c2cccc(OC(=O)OC3CNC3)c12. The van der Waals surface area contributed by atoms with Gasteiger partial charge in [-0.15, -0.1) is 0 Å². The van der Waals surface area contributed by atoms with Crippen molar-refractivity contribution in [2.75, 3.05) is 33.7 Å². The average molecular weight is 303 g/mol. The number of H-pyrrole nitrogens is 1. The number of nitrogens with zero attached hydrogens (tertiary/aromatic N) is 1. The zero-order chi connectivity index (χ0) is 15.5. The van der Waals surface area contributed by atoms with Crippen LogP contribution in [0.4, 0.5) is 4.79 Å². The minimum Gasteiger partial charge on any atom is -0.428 e. The summed E-state index contributed by atoms with van der Waals surface area (Å²) in [6.45, 7) is 2.31. The molecule has 0 spiro atoms. The second kappa shape index (κ2) is 6.37. The lowest BCUT2D eigenvalue weighted by atomic mass is 10.1. The largest absolute Gasteiger partial charge is 0.514 e. The van der Waals surface area contributed by atoms with Crippen LogP contribution in [0.15, 0.2) is 24.4 Å². The third kappa shape index (κ3) is 3.23. The number of carbonyl (C=O) groups is 1. The molecule has 1 fully saturated rings. The summed E-state index contributed by atoms with van der Waals surface area (Å²) in [5.74, 6) is 0.546. The van der Waals surface area contributed by atoms with Crippen LogP contribution in [-0.2, 0) is 11.2 Å². The molecule has 0 atom stereocenters. The normalized spacial score (nSPS) is 15.0. The van der Waals surface area contributed by atoms with Crippen molar-refractivity contribution in [3.8, 4) is 5.75 Å². The molecule has 2 aromatic rings. The van der Waals surface area contributed by atoms with Crippen molar-refractivity contribution in [1.29, 1.82) is 0 Å². The Morgan fingerprint density at radius 1 is 1.36 bits per heavy atom. The molecule has 1 aromatic heterocycles. The van der Waals surface area contributed by atoms with Gasteiger partial charge in [-0.05, 0) is 38.2 Å². The molecule has 0 amide bonds. The molecule has 1 aromatic carbocycles. The van der Waals surface area contributed by atoms with Gasteiger partial charge < -0.3 is 24.7 Å². The Morgan fingerprint density at radius 2 is 2.18 bits per heavy atom. The molecule has 2 heterocycles. The zero-order valence-electron chi connectivity index (χ0n) is 12.9. The maximum atomic E-state index is 11.9. The van der Waals surface area contributed by atoms with Crippen LogP contribution in [0.25, 0.3) is 10.9 Å². The van der Waals surface area contributed by atoms with E-state index < -0.39 is 6.16 Å². The molecule has 0 unspecified atom stereocenters. The number of ether oxygens (including phenoxy) is 2. The summed E-state index contributed by atoms with van der Waals surface area (Å²) in [7, 11) is 4.08. The molecule has 0 aliphatic carbocycles. The van der Waals surface area contributed by atoms with Gasteiger partial charge >= 0.3 is 6.16 Å². The second-order valence-corrected chi connectivity index (χ2v) is 5.80. The van der Waals surface area contributed by atoms with E-state index in [0.29, 0.717) is 18.8 Å². The van der Waals surface area contributed by atoms with Crippen LogP contribution >= 0.6 is 0 Å². The molecule has 1 aliphatic rings. The predicted octanol–water partition coefficient (Wildman–Crippen LogP) is 1.76. The Hall–Kier alpha value is -2.05. The van der Waals surface area contributed by atoms with Gasteiger partial charge in [0.15, 0.2) is 0 Å². The molecular weight excluding hydrogens is 282 g/mol. The standard InChI is InChI=1S/C16H21N3O3/c1-19(2)7-6-11-8-18-13-4-3-5-14(15(11)13)22-16(20)21-12-9-17-10-12/h3-5,8,12,17-18H,6-7,9-10H2,1-2H3. The highest BCUT2D eigenvalue weighted by atomic mass is 16.7. The molecule has 3 rings (SSSR count). The van der Waals surface area contributed by atoms with Crippen molar-refractivity contribution in [3.05, 3.63) is 30.0 Å². The predicted molar refractivity (Wildman–Crippen MR) is 84.3 cm³/mol. The van der Waals surface area contributed by atoms with Crippen LogP contribution in [-0.4, -0.2) is 55.9 Å². The molecule has 1 saturated heterocycles. The lowest BCUT2D eigenvalue weighted by molar-refractivity contribution is 0.0352. The van der Waals surface area contributed by atoms with Gasteiger partial charge in [0.2, 0.25) is 0 Å². The lowest BCUT2D eigenvalue weighted by Crippen LogP contribution is -2.49. The van der Waals surface area contributed by atoms with E-state index in [2.05, 4.69) is 15.2 Å². The number of likely N-dealkylation sites (N-methyl/N-ethyl adjacent to an activating group) is 1. The highest BCUT2D eigenvalue weighted by Gasteiger charge is 2.23. The molecule has 22 heavy (non-hydrogen) atoms. The lowest BCUT2D eigenvalue weighted by Gasteiger charge is -2.26. The molecule has 0 saturated carbocycles. The third-order valence-corrected chi connectivity index (χ3v) is 3.78. The monoisotopic (exact) mass is 303 g/mol. The van der Waals surface area contributed by atoms with Crippen LogP contribution in [0, 0.1) is 0 Å². The first-order chi connectivity index (χ1) is 10.6. The van der Waals surface area contributed by atoms with Gasteiger partial charge in [-0.3, -0.25) is 0 Å². The maximum absolute atomic E-state index is 11.9. The summed E-state index contributed by atoms with van der Waals surface area (Å²) >= 11 is 0. The second-order valence-electron chi connectivity index (χ2n) is 5.80. The van der Waals surface area contributed by atoms with Crippen molar-refractivity contribution >= 4 is 17.1 Å². The van der Waals surface area contributed by atoms with E-state index >= 15 is 0 Å². The van der Waals surface area contributed by atoms with Gasteiger partial charge in [0.25, 0.3) is 0 Å². The van der Waals surface area contributed by atoms with Crippen LogP contribution in [0.1, 0.15) is 5.56 Å². The number of nitrogens with one attached hydrogen (secondary N) is 2. The van der Waals surface area contributed by atoms with E-state index in [4.69, 9.17) is 9.47 Å². The minimum absolute atomic E-state index is 0.0776. The summed E-state index contributed by atoms with van der Waals surface area (Å²) < 4.78 is 10.6. The summed E-state index contributed by atoms with van der Waals surface area (Å²) in [4.78, 5) is 17.2. The first kappa shape index (κ1) is 14.9. The van der Waals surface area contributed by atoms with Crippen LogP contribution < -0.4 is 10.1 Å². The van der Waals surface area contributed by atoms with Gasteiger partial charge in [-0.2, -0.15) is 0 Å². The van der Waals surface area contributed by atoms with E-state index in [9.17, 15) is 4.79 Å². The molecule has 6 nitrogen and oxygen atoms in total. The van der Waals surface area contributed by atoms with Crippen LogP contribution in [0.3, 0.4) is 0 Å². The van der Waals surface area contributed by atoms with E-state index in [1.165, 1.54) is 0 Å². The summed E-state index contributed by atoms with van der Waals surface area (Å²) in [6, 6.07) is 5.64. The van der Waals surface area contributed by atoms with Gasteiger partial charge in [-0.25, -0.2) is 4.79 Å². The highest BCUT2D eigenvalue weighted by molar-refractivity contribution is 5.90. The Morgan fingerprint density at radius 3 is 2.86 bits per heavy atom. The van der Waals surface area contributed by atoms with E-state index in [0.717, 1.165) is 29.4 Å². The maximum Gasteiger partial charge on any atom is 0.514 e. The number of benzene rings is 1. The highest BCUT2D eigenvalue weighted by Crippen LogP contribution is 2.29. The fourth-order valence-electron chi connectivity index (χ4n) is 2.44. The van der Waals surface area contributed by atoms with Crippen molar-refractivity contribution in [1.82, 2.24) is 15.2 Å². The minimum atomic E-state index is -0.640. The summed E-state index contributed by atoms with van der Waals surface area (Å²) in [5, 5.41) is 4.00. The fourth-order valence-corrected chi connectivity index (χ4v) is 2.44. The Labute approximate surface area is 129 Å². The molecule has 0 radical (unpaired) electrons.